The molecule has 162 valence electrons. The maximum absolute atomic E-state index is 13.2. The molecule has 1 amide bonds. The summed E-state index contributed by atoms with van der Waals surface area (Å²) in [5, 5.41) is 0. The second-order valence-corrected chi connectivity index (χ2v) is 6.32. The fraction of sp³-hybridized carbons (Fsp3) is 0.227. The van der Waals surface area contributed by atoms with Crippen molar-refractivity contribution in [2.24, 2.45) is 0 Å². The minimum absolute atomic E-state index is 0.142. The predicted octanol–water partition coefficient (Wildman–Crippen LogP) is 2.71. The molecular weight excluding hydrogens is 409 g/mol. The van der Waals surface area contributed by atoms with Gasteiger partial charge in [0.2, 0.25) is 6.79 Å². The Morgan fingerprint density at radius 1 is 1.06 bits per heavy atom. The average molecular weight is 429 g/mol. The molecule has 0 atom stereocenters. The Bertz CT molecular complexity index is 988. The molecule has 2 aromatic carbocycles. The van der Waals surface area contributed by atoms with Crippen LogP contribution in [0.15, 0.2) is 48.5 Å². The normalized spacial score (nSPS) is 11.9. The summed E-state index contributed by atoms with van der Waals surface area (Å²) in [6, 6.07) is 10.1. The largest absolute Gasteiger partial charge is 0.465 e. The highest BCUT2D eigenvalue weighted by atomic mass is 19.1. The van der Waals surface area contributed by atoms with Crippen LogP contribution >= 0.6 is 0 Å². The van der Waals surface area contributed by atoms with Gasteiger partial charge in [-0.15, -0.1) is 0 Å². The molecule has 31 heavy (non-hydrogen) atoms. The molecule has 0 bridgehead atoms. The first-order valence-corrected chi connectivity index (χ1v) is 9.42. The van der Waals surface area contributed by atoms with Crippen molar-refractivity contribution in [1.82, 2.24) is 0 Å². The number of rotatable bonds is 8. The number of nitrogens with zero attached hydrogens (tertiary/aromatic N) is 1. The van der Waals surface area contributed by atoms with E-state index in [0.29, 0.717) is 17.1 Å². The quantitative estimate of drug-likeness (QED) is 0.471. The standard InChI is InChI=1S/C22H20FNO7/c1-2-28-22(27)12-24(17-7-5-16(23)6-8-17)20(25)13-29-21(26)10-4-15-3-9-18-19(11-15)31-14-30-18/h3-11H,2,12-14H2,1H3/b10-4+. The maximum atomic E-state index is 13.2. The number of fused-ring (bicyclic) bond motifs is 1. The number of ether oxygens (including phenoxy) is 4. The van der Waals surface area contributed by atoms with Gasteiger partial charge in [0.15, 0.2) is 18.1 Å². The van der Waals surface area contributed by atoms with Gasteiger partial charge in [-0.1, -0.05) is 6.07 Å². The van der Waals surface area contributed by atoms with Gasteiger partial charge in [0.1, 0.15) is 12.4 Å². The monoisotopic (exact) mass is 429 g/mol. The molecule has 0 saturated carbocycles. The molecular formula is C22H20FNO7. The summed E-state index contributed by atoms with van der Waals surface area (Å²) >= 11 is 0. The number of hydrogen-bond donors (Lipinski definition) is 0. The molecule has 0 aromatic heterocycles. The fourth-order valence-corrected chi connectivity index (χ4v) is 2.72. The van der Waals surface area contributed by atoms with E-state index >= 15 is 0 Å². The number of hydrogen-bond acceptors (Lipinski definition) is 7. The zero-order chi connectivity index (χ0) is 22.2. The third-order valence-electron chi connectivity index (χ3n) is 4.18. The Labute approximate surface area is 177 Å². The van der Waals surface area contributed by atoms with Crippen LogP contribution < -0.4 is 14.4 Å². The van der Waals surface area contributed by atoms with Gasteiger partial charge in [-0.2, -0.15) is 0 Å². The van der Waals surface area contributed by atoms with Gasteiger partial charge in [-0.3, -0.25) is 14.5 Å². The summed E-state index contributed by atoms with van der Waals surface area (Å²) in [6.07, 6.45) is 2.67. The van der Waals surface area contributed by atoms with Crippen LogP contribution in [0.4, 0.5) is 10.1 Å². The number of halogens is 1. The molecule has 3 rings (SSSR count). The Morgan fingerprint density at radius 2 is 1.81 bits per heavy atom. The van der Waals surface area contributed by atoms with E-state index < -0.39 is 36.8 Å². The molecule has 0 aliphatic carbocycles. The number of esters is 2. The SMILES string of the molecule is CCOC(=O)CN(C(=O)COC(=O)/C=C/c1ccc2c(c1)OCO2)c1ccc(F)cc1. The number of anilines is 1. The number of amides is 1. The van der Waals surface area contributed by atoms with E-state index in [-0.39, 0.29) is 19.1 Å². The van der Waals surface area contributed by atoms with E-state index in [1.54, 1.807) is 25.1 Å². The van der Waals surface area contributed by atoms with Crippen molar-refractivity contribution in [3.8, 4) is 11.5 Å². The highest BCUT2D eigenvalue weighted by Crippen LogP contribution is 2.32. The Kier molecular flexibility index (Phi) is 7.21. The van der Waals surface area contributed by atoms with Gasteiger partial charge in [-0.25, -0.2) is 9.18 Å². The topological polar surface area (TPSA) is 91.4 Å². The van der Waals surface area contributed by atoms with Crippen LogP contribution in [0.2, 0.25) is 0 Å². The Balaban J connectivity index is 1.60. The van der Waals surface area contributed by atoms with Crippen molar-refractivity contribution in [1.29, 1.82) is 0 Å². The first-order valence-electron chi connectivity index (χ1n) is 9.42. The third kappa shape index (κ3) is 6.05. The van der Waals surface area contributed by atoms with Gasteiger partial charge in [0.25, 0.3) is 5.91 Å². The molecule has 0 radical (unpaired) electrons. The molecule has 0 unspecified atom stereocenters. The highest BCUT2D eigenvalue weighted by Gasteiger charge is 2.21. The van der Waals surface area contributed by atoms with Crippen LogP contribution in [0.5, 0.6) is 11.5 Å². The van der Waals surface area contributed by atoms with E-state index in [1.165, 1.54) is 24.3 Å². The summed E-state index contributed by atoms with van der Waals surface area (Å²) in [7, 11) is 0. The minimum atomic E-state index is -0.749. The van der Waals surface area contributed by atoms with Crippen molar-refractivity contribution < 1.29 is 37.7 Å². The van der Waals surface area contributed by atoms with Crippen LogP contribution in [-0.4, -0.2) is 44.4 Å². The van der Waals surface area contributed by atoms with Gasteiger partial charge in [0.05, 0.1) is 6.61 Å². The second-order valence-electron chi connectivity index (χ2n) is 6.32. The lowest BCUT2D eigenvalue weighted by atomic mass is 10.2. The molecule has 0 saturated heterocycles. The van der Waals surface area contributed by atoms with E-state index in [1.807, 2.05) is 0 Å². The van der Waals surface area contributed by atoms with Gasteiger partial charge < -0.3 is 18.9 Å². The van der Waals surface area contributed by atoms with Crippen LogP contribution in [0.3, 0.4) is 0 Å². The molecule has 0 spiro atoms. The summed E-state index contributed by atoms with van der Waals surface area (Å²) < 4.78 is 33.5. The van der Waals surface area contributed by atoms with Crippen LogP contribution in [0, 0.1) is 5.82 Å². The smallest absolute Gasteiger partial charge is 0.331 e. The fourth-order valence-electron chi connectivity index (χ4n) is 2.72. The van der Waals surface area contributed by atoms with E-state index in [2.05, 4.69) is 0 Å². The summed E-state index contributed by atoms with van der Waals surface area (Å²) in [5.74, 6) is -1.36. The minimum Gasteiger partial charge on any atom is -0.465 e. The lowest BCUT2D eigenvalue weighted by Crippen LogP contribution is -2.39. The van der Waals surface area contributed by atoms with Crippen LogP contribution in [0.1, 0.15) is 12.5 Å². The number of benzene rings is 2. The number of carbonyl (C=O) groups excluding carboxylic acids is 3. The molecule has 8 nitrogen and oxygen atoms in total. The predicted molar refractivity (Wildman–Crippen MR) is 108 cm³/mol. The summed E-state index contributed by atoms with van der Waals surface area (Å²) in [4.78, 5) is 37.5. The first kappa shape index (κ1) is 21.8. The molecule has 1 aliphatic rings. The second kappa shape index (κ2) is 10.2. The summed E-state index contributed by atoms with van der Waals surface area (Å²) in [6.45, 7) is 0.910. The molecule has 2 aromatic rings. The third-order valence-corrected chi connectivity index (χ3v) is 4.18. The van der Waals surface area contributed by atoms with Crippen molar-refractivity contribution in [2.75, 3.05) is 31.5 Å². The number of carbonyl (C=O) groups is 3. The zero-order valence-electron chi connectivity index (χ0n) is 16.7. The van der Waals surface area contributed by atoms with Crippen molar-refractivity contribution >= 4 is 29.6 Å². The highest BCUT2D eigenvalue weighted by molar-refractivity contribution is 5.99. The van der Waals surface area contributed by atoms with E-state index in [9.17, 15) is 18.8 Å². The van der Waals surface area contributed by atoms with Crippen LogP contribution in [-0.2, 0) is 23.9 Å². The van der Waals surface area contributed by atoms with Crippen molar-refractivity contribution in [3.63, 3.8) is 0 Å². The summed E-state index contributed by atoms with van der Waals surface area (Å²) in [5.41, 5.74) is 0.953. The molecule has 9 heteroatoms. The lowest BCUT2D eigenvalue weighted by molar-refractivity contribution is -0.144. The Hall–Kier alpha value is -3.88. The van der Waals surface area contributed by atoms with Gasteiger partial charge in [-0.05, 0) is 55.0 Å². The lowest BCUT2D eigenvalue weighted by Gasteiger charge is -2.21. The maximum Gasteiger partial charge on any atom is 0.331 e. The van der Waals surface area contributed by atoms with E-state index in [4.69, 9.17) is 18.9 Å². The van der Waals surface area contributed by atoms with Gasteiger partial charge >= 0.3 is 11.9 Å². The van der Waals surface area contributed by atoms with Crippen molar-refractivity contribution in [3.05, 3.63) is 59.9 Å². The first-order chi connectivity index (χ1) is 15.0. The zero-order valence-corrected chi connectivity index (χ0v) is 16.7. The molecule has 0 fully saturated rings. The molecule has 1 aliphatic heterocycles. The molecule has 1 heterocycles. The van der Waals surface area contributed by atoms with Gasteiger partial charge in [0, 0.05) is 11.8 Å². The average Bonchev–Trinajstić information content (AvgIpc) is 3.23. The van der Waals surface area contributed by atoms with Crippen LogP contribution in [0.25, 0.3) is 6.08 Å². The van der Waals surface area contributed by atoms with E-state index in [0.717, 1.165) is 17.0 Å². The Morgan fingerprint density at radius 3 is 2.55 bits per heavy atom. The van der Waals surface area contributed by atoms with Crippen molar-refractivity contribution in [2.45, 2.75) is 6.92 Å². The molecule has 0 N–H and O–H groups in total.